The minimum atomic E-state index is 0.339. The van der Waals surface area contributed by atoms with E-state index in [1.807, 2.05) is 0 Å². The minimum Gasteiger partial charge on any atom is -0.329 e. The Bertz CT molecular complexity index is 264. The molecule has 0 aromatic carbocycles. The van der Waals surface area contributed by atoms with Crippen molar-refractivity contribution in [2.45, 2.75) is 64.8 Å². The van der Waals surface area contributed by atoms with Crippen LogP contribution in [0.25, 0.3) is 0 Å². The number of hydrogen-bond donors (Lipinski definition) is 1. The van der Waals surface area contributed by atoms with E-state index in [0.29, 0.717) is 5.54 Å². The molecule has 1 saturated carbocycles. The third-order valence-corrected chi connectivity index (χ3v) is 5.86. The molecule has 0 aromatic heterocycles. The van der Waals surface area contributed by atoms with E-state index in [1.165, 1.54) is 51.6 Å². The first-order chi connectivity index (χ1) is 8.60. The molecule has 0 amide bonds. The van der Waals surface area contributed by atoms with E-state index < -0.39 is 0 Å². The predicted octanol–water partition coefficient (Wildman–Crippen LogP) is 3.26. The fourth-order valence-electron chi connectivity index (χ4n) is 4.37. The van der Waals surface area contributed by atoms with Crippen LogP contribution >= 0.6 is 0 Å². The normalized spacial score (nSPS) is 39.2. The maximum absolute atomic E-state index is 6.19. The Morgan fingerprint density at radius 1 is 1.17 bits per heavy atom. The Morgan fingerprint density at radius 3 is 2.50 bits per heavy atom. The second-order valence-corrected chi connectivity index (χ2v) is 7.02. The summed E-state index contributed by atoms with van der Waals surface area (Å²) in [6, 6.07) is 0. The Hall–Kier alpha value is -0.0800. The van der Waals surface area contributed by atoms with Gasteiger partial charge >= 0.3 is 0 Å². The van der Waals surface area contributed by atoms with Gasteiger partial charge in [-0.1, -0.05) is 27.2 Å². The van der Waals surface area contributed by atoms with Crippen LogP contribution in [0.1, 0.15) is 59.3 Å². The lowest BCUT2D eigenvalue weighted by Gasteiger charge is -2.44. The summed E-state index contributed by atoms with van der Waals surface area (Å²) in [4.78, 5) is 2.77. The van der Waals surface area contributed by atoms with Crippen LogP contribution in [0.4, 0.5) is 0 Å². The molecule has 2 heteroatoms. The minimum absolute atomic E-state index is 0.339. The van der Waals surface area contributed by atoms with Gasteiger partial charge in [-0.25, -0.2) is 0 Å². The van der Waals surface area contributed by atoms with Gasteiger partial charge in [-0.3, -0.25) is 4.90 Å². The maximum atomic E-state index is 6.19. The van der Waals surface area contributed by atoms with Gasteiger partial charge < -0.3 is 5.73 Å². The van der Waals surface area contributed by atoms with E-state index in [1.54, 1.807) is 0 Å². The van der Waals surface area contributed by atoms with E-state index in [9.17, 15) is 0 Å². The zero-order valence-electron chi connectivity index (χ0n) is 12.6. The summed E-state index contributed by atoms with van der Waals surface area (Å²) in [6.45, 7) is 10.6. The van der Waals surface area contributed by atoms with Crippen LogP contribution in [0.5, 0.6) is 0 Å². The molecule has 18 heavy (non-hydrogen) atoms. The Kier molecular flexibility index (Phi) is 4.71. The molecule has 3 unspecified atom stereocenters. The highest BCUT2D eigenvalue weighted by Crippen LogP contribution is 2.41. The lowest BCUT2D eigenvalue weighted by molar-refractivity contribution is 0.0655. The lowest BCUT2D eigenvalue weighted by Crippen LogP contribution is -2.56. The number of rotatable bonds is 3. The topological polar surface area (TPSA) is 29.3 Å². The quantitative estimate of drug-likeness (QED) is 0.835. The van der Waals surface area contributed by atoms with Crippen molar-refractivity contribution in [1.82, 2.24) is 4.90 Å². The Labute approximate surface area is 113 Å². The van der Waals surface area contributed by atoms with Crippen molar-refractivity contribution in [3.63, 3.8) is 0 Å². The highest BCUT2D eigenvalue weighted by molar-refractivity contribution is 5.00. The van der Waals surface area contributed by atoms with Gasteiger partial charge in [0.1, 0.15) is 0 Å². The molecule has 0 bridgehead atoms. The first-order valence-corrected chi connectivity index (χ1v) is 8.05. The van der Waals surface area contributed by atoms with Gasteiger partial charge in [0.2, 0.25) is 0 Å². The van der Waals surface area contributed by atoms with Crippen molar-refractivity contribution in [2.75, 3.05) is 19.6 Å². The van der Waals surface area contributed by atoms with E-state index >= 15 is 0 Å². The molecule has 0 spiro atoms. The van der Waals surface area contributed by atoms with Crippen molar-refractivity contribution in [2.24, 2.45) is 23.5 Å². The SMILES string of the molecule is CC(C)C1CCCN(C2(CN)CCCC2C)CC1. The number of nitrogens with zero attached hydrogens (tertiary/aromatic N) is 1. The average Bonchev–Trinajstić information content (AvgIpc) is 2.59. The van der Waals surface area contributed by atoms with Crippen molar-refractivity contribution in [3.05, 3.63) is 0 Å². The predicted molar refractivity (Wildman–Crippen MR) is 78.6 cm³/mol. The van der Waals surface area contributed by atoms with Crippen LogP contribution in [0, 0.1) is 17.8 Å². The fraction of sp³-hybridized carbons (Fsp3) is 1.00. The summed E-state index contributed by atoms with van der Waals surface area (Å²) < 4.78 is 0. The number of nitrogens with two attached hydrogens (primary N) is 1. The van der Waals surface area contributed by atoms with Crippen molar-refractivity contribution in [1.29, 1.82) is 0 Å². The van der Waals surface area contributed by atoms with E-state index in [2.05, 4.69) is 25.7 Å². The Balaban J connectivity index is 2.04. The molecule has 1 aliphatic carbocycles. The van der Waals surface area contributed by atoms with Gasteiger partial charge in [0.05, 0.1) is 0 Å². The molecule has 2 aliphatic rings. The summed E-state index contributed by atoms with van der Waals surface area (Å²) in [7, 11) is 0. The number of likely N-dealkylation sites (tertiary alicyclic amines) is 1. The highest BCUT2D eigenvalue weighted by atomic mass is 15.2. The third kappa shape index (κ3) is 2.60. The van der Waals surface area contributed by atoms with E-state index in [0.717, 1.165) is 24.3 Å². The van der Waals surface area contributed by atoms with Gasteiger partial charge in [0.15, 0.2) is 0 Å². The summed E-state index contributed by atoms with van der Waals surface area (Å²) in [5.74, 6) is 2.57. The summed E-state index contributed by atoms with van der Waals surface area (Å²) >= 11 is 0. The van der Waals surface area contributed by atoms with Gasteiger partial charge in [-0.2, -0.15) is 0 Å². The lowest BCUT2D eigenvalue weighted by atomic mass is 9.85. The van der Waals surface area contributed by atoms with E-state index in [-0.39, 0.29) is 0 Å². The molecule has 2 nitrogen and oxygen atoms in total. The van der Waals surface area contributed by atoms with Crippen LogP contribution in [0.15, 0.2) is 0 Å². The second-order valence-electron chi connectivity index (χ2n) is 7.02. The van der Waals surface area contributed by atoms with Crippen LogP contribution in [0.3, 0.4) is 0 Å². The molecule has 106 valence electrons. The molecule has 2 rings (SSSR count). The van der Waals surface area contributed by atoms with Crippen LogP contribution in [-0.2, 0) is 0 Å². The van der Waals surface area contributed by atoms with Crippen LogP contribution in [0.2, 0.25) is 0 Å². The standard InChI is InChI=1S/C16H32N2/c1-13(2)15-7-5-10-18(11-8-15)16(12-17)9-4-6-14(16)3/h13-15H,4-12,17H2,1-3H3. The van der Waals surface area contributed by atoms with Gasteiger partial charge in [0, 0.05) is 12.1 Å². The van der Waals surface area contributed by atoms with Crippen molar-refractivity contribution < 1.29 is 0 Å². The molecule has 0 aromatic rings. The smallest absolute Gasteiger partial charge is 0.0357 e. The molecule has 1 aliphatic heterocycles. The first-order valence-electron chi connectivity index (χ1n) is 8.05. The zero-order valence-corrected chi connectivity index (χ0v) is 12.6. The molecule has 1 saturated heterocycles. The average molecular weight is 252 g/mol. The van der Waals surface area contributed by atoms with Crippen LogP contribution < -0.4 is 5.73 Å². The van der Waals surface area contributed by atoms with Gasteiger partial charge in [0.25, 0.3) is 0 Å². The summed E-state index contributed by atoms with van der Waals surface area (Å²) in [5, 5.41) is 0. The summed E-state index contributed by atoms with van der Waals surface area (Å²) in [6.07, 6.45) is 8.26. The fourth-order valence-corrected chi connectivity index (χ4v) is 4.37. The van der Waals surface area contributed by atoms with Crippen LogP contribution in [-0.4, -0.2) is 30.1 Å². The maximum Gasteiger partial charge on any atom is 0.0357 e. The summed E-state index contributed by atoms with van der Waals surface area (Å²) in [5.41, 5.74) is 6.53. The van der Waals surface area contributed by atoms with Gasteiger partial charge in [-0.05, 0) is 62.9 Å². The molecular weight excluding hydrogens is 220 g/mol. The Morgan fingerprint density at radius 2 is 1.94 bits per heavy atom. The third-order valence-electron chi connectivity index (χ3n) is 5.86. The molecule has 0 radical (unpaired) electrons. The largest absolute Gasteiger partial charge is 0.329 e. The molecule has 3 atom stereocenters. The van der Waals surface area contributed by atoms with E-state index in [4.69, 9.17) is 5.73 Å². The molecule has 1 heterocycles. The molecular formula is C16H32N2. The monoisotopic (exact) mass is 252 g/mol. The second kappa shape index (κ2) is 5.92. The zero-order chi connectivity index (χ0) is 13.2. The number of hydrogen-bond acceptors (Lipinski definition) is 2. The van der Waals surface area contributed by atoms with Crippen molar-refractivity contribution in [3.8, 4) is 0 Å². The van der Waals surface area contributed by atoms with Crippen molar-refractivity contribution >= 4 is 0 Å². The van der Waals surface area contributed by atoms with Gasteiger partial charge in [-0.15, -0.1) is 0 Å². The molecule has 2 N–H and O–H groups in total. The first kappa shape index (κ1) is 14.3. The molecule has 2 fully saturated rings. The highest BCUT2D eigenvalue weighted by Gasteiger charge is 2.44.